The Hall–Kier alpha value is -3.06. The lowest BCUT2D eigenvalue weighted by atomic mass is 9.74. The highest BCUT2D eigenvalue weighted by molar-refractivity contribution is 5.94. The van der Waals surface area contributed by atoms with Crippen LogP contribution in [-0.4, -0.2) is 38.8 Å². The Morgan fingerprint density at radius 2 is 1.69 bits per heavy atom. The van der Waals surface area contributed by atoms with E-state index in [-0.39, 0.29) is 11.3 Å². The Balaban J connectivity index is 1.67. The molecule has 7 heteroatoms. The molecule has 0 saturated carbocycles. The third-order valence-corrected chi connectivity index (χ3v) is 5.42. The molecule has 4 N–H and O–H groups in total. The first-order chi connectivity index (χ1) is 14.0. The molecule has 0 spiro atoms. The van der Waals surface area contributed by atoms with E-state index in [0.29, 0.717) is 31.9 Å². The second-order valence-corrected chi connectivity index (χ2v) is 7.22. The van der Waals surface area contributed by atoms with Gasteiger partial charge >= 0.3 is 6.03 Å². The largest absolute Gasteiger partial charge is 0.497 e. The number of hydrogen-bond acceptors (Lipinski definition) is 4. The van der Waals surface area contributed by atoms with Crippen LogP contribution in [0.5, 0.6) is 5.75 Å². The molecule has 0 atom stereocenters. The van der Waals surface area contributed by atoms with Gasteiger partial charge in [-0.1, -0.05) is 24.3 Å². The van der Waals surface area contributed by atoms with Crippen molar-refractivity contribution in [2.24, 2.45) is 5.73 Å². The maximum absolute atomic E-state index is 12.7. The Bertz CT molecular complexity index is 828. The van der Waals surface area contributed by atoms with E-state index in [4.69, 9.17) is 15.2 Å². The number of amides is 3. The number of carbonyl (C=O) groups excluding carboxylic acids is 2. The monoisotopic (exact) mass is 397 g/mol. The zero-order valence-corrected chi connectivity index (χ0v) is 16.6. The quantitative estimate of drug-likeness (QED) is 0.667. The number of ether oxygens (including phenoxy) is 2. The van der Waals surface area contributed by atoms with Crippen LogP contribution in [0.3, 0.4) is 0 Å². The average Bonchev–Trinajstić information content (AvgIpc) is 2.77. The molecule has 1 saturated heterocycles. The third kappa shape index (κ3) is 5.26. The van der Waals surface area contributed by atoms with Gasteiger partial charge in [-0.2, -0.15) is 0 Å². The minimum Gasteiger partial charge on any atom is -0.497 e. The van der Waals surface area contributed by atoms with Gasteiger partial charge in [-0.05, 0) is 48.2 Å². The summed E-state index contributed by atoms with van der Waals surface area (Å²) in [7, 11) is 1.65. The summed E-state index contributed by atoms with van der Waals surface area (Å²) in [6, 6.07) is 14.6. The number of rotatable bonds is 7. The van der Waals surface area contributed by atoms with E-state index in [1.54, 1.807) is 31.4 Å². The molecule has 0 radical (unpaired) electrons. The second kappa shape index (κ2) is 9.43. The van der Waals surface area contributed by atoms with Crippen molar-refractivity contribution in [1.29, 1.82) is 0 Å². The van der Waals surface area contributed by atoms with Crippen molar-refractivity contribution in [2.75, 3.05) is 26.9 Å². The summed E-state index contributed by atoms with van der Waals surface area (Å²) >= 11 is 0. The van der Waals surface area contributed by atoms with Gasteiger partial charge in [0, 0.05) is 37.3 Å². The van der Waals surface area contributed by atoms with Crippen molar-refractivity contribution < 1.29 is 19.1 Å². The van der Waals surface area contributed by atoms with Crippen LogP contribution in [-0.2, 0) is 16.7 Å². The van der Waals surface area contributed by atoms with Crippen LogP contribution >= 0.6 is 0 Å². The molecular formula is C22H27N3O4. The van der Waals surface area contributed by atoms with Gasteiger partial charge in [-0.15, -0.1) is 0 Å². The van der Waals surface area contributed by atoms with Crippen LogP contribution in [0.25, 0.3) is 0 Å². The van der Waals surface area contributed by atoms with Crippen molar-refractivity contribution in [2.45, 2.75) is 24.8 Å². The molecule has 154 valence electrons. The molecule has 1 aliphatic heterocycles. The minimum absolute atomic E-state index is 0.126. The number of primary amides is 1. The van der Waals surface area contributed by atoms with Gasteiger partial charge in [0.05, 0.1) is 7.11 Å². The molecule has 7 nitrogen and oxygen atoms in total. The molecule has 2 aromatic rings. The van der Waals surface area contributed by atoms with E-state index in [0.717, 1.165) is 24.2 Å². The number of hydrogen-bond donors (Lipinski definition) is 3. The molecular weight excluding hydrogens is 370 g/mol. The van der Waals surface area contributed by atoms with Crippen LogP contribution in [0.1, 0.15) is 34.3 Å². The van der Waals surface area contributed by atoms with Gasteiger partial charge < -0.3 is 25.8 Å². The maximum atomic E-state index is 12.7. The van der Waals surface area contributed by atoms with E-state index in [2.05, 4.69) is 22.8 Å². The molecule has 1 heterocycles. The van der Waals surface area contributed by atoms with E-state index in [9.17, 15) is 9.59 Å². The van der Waals surface area contributed by atoms with Crippen molar-refractivity contribution in [3.8, 4) is 5.75 Å². The lowest BCUT2D eigenvalue weighted by molar-refractivity contribution is 0.0487. The van der Waals surface area contributed by atoms with E-state index in [1.807, 2.05) is 12.1 Å². The molecule has 3 amide bonds. The van der Waals surface area contributed by atoms with Crippen molar-refractivity contribution in [3.05, 3.63) is 65.2 Å². The van der Waals surface area contributed by atoms with Crippen molar-refractivity contribution >= 4 is 11.9 Å². The molecule has 2 aromatic carbocycles. The number of urea groups is 1. The molecule has 0 aromatic heterocycles. The fraction of sp³-hybridized carbons (Fsp3) is 0.364. The SMILES string of the molecule is COc1ccc(C2(CNC(=O)c3ccc(CNC(N)=O)cc3)CCOCC2)cc1. The Morgan fingerprint density at radius 3 is 2.28 bits per heavy atom. The topological polar surface area (TPSA) is 103 Å². The van der Waals surface area contributed by atoms with Gasteiger partial charge in [-0.3, -0.25) is 4.79 Å². The molecule has 1 aliphatic rings. The summed E-state index contributed by atoms with van der Waals surface area (Å²) in [4.78, 5) is 23.5. The minimum atomic E-state index is -0.577. The number of methoxy groups -OCH3 is 1. The fourth-order valence-corrected chi connectivity index (χ4v) is 3.59. The van der Waals surface area contributed by atoms with Crippen LogP contribution in [0.15, 0.2) is 48.5 Å². The van der Waals surface area contributed by atoms with Gasteiger partial charge in [0.2, 0.25) is 0 Å². The highest BCUT2D eigenvalue weighted by Crippen LogP contribution is 2.35. The summed E-state index contributed by atoms with van der Waals surface area (Å²) < 4.78 is 10.8. The zero-order chi connectivity index (χ0) is 20.7. The van der Waals surface area contributed by atoms with Crippen LogP contribution in [0.4, 0.5) is 4.79 Å². The van der Waals surface area contributed by atoms with Gasteiger partial charge in [0.15, 0.2) is 0 Å². The molecule has 3 rings (SSSR count). The van der Waals surface area contributed by atoms with Crippen LogP contribution in [0, 0.1) is 0 Å². The molecule has 0 unspecified atom stereocenters. The predicted molar refractivity (Wildman–Crippen MR) is 110 cm³/mol. The maximum Gasteiger partial charge on any atom is 0.312 e. The fourth-order valence-electron chi connectivity index (χ4n) is 3.59. The summed E-state index contributed by atoms with van der Waals surface area (Å²) in [5, 5.41) is 5.62. The summed E-state index contributed by atoms with van der Waals surface area (Å²) in [6.45, 7) is 2.21. The number of nitrogens with two attached hydrogens (primary N) is 1. The number of nitrogens with one attached hydrogen (secondary N) is 2. The first-order valence-electron chi connectivity index (χ1n) is 9.65. The van der Waals surface area contributed by atoms with E-state index < -0.39 is 6.03 Å². The van der Waals surface area contributed by atoms with Gasteiger partial charge in [0.1, 0.15) is 5.75 Å². The summed E-state index contributed by atoms with van der Waals surface area (Å²) in [5.74, 6) is 0.685. The van der Waals surface area contributed by atoms with Crippen LogP contribution in [0.2, 0.25) is 0 Å². The van der Waals surface area contributed by atoms with E-state index in [1.165, 1.54) is 5.56 Å². The molecule has 1 fully saturated rings. The normalized spacial score (nSPS) is 15.3. The third-order valence-electron chi connectivity index (χ3n) is 5.42. The molecule has 0 aliphatic carbocycles. The van der Waals surface area contributed by atoms with Crippen molar-refractivity contribution in [3.63, 3.8) is 0 Å². The lowest BCUT2D eigenvalue weighted by Gasteiger charge is -2.38. The van der Waals surface area contributed by atoms with Gasteiger partial charge in [0.25, 0.3) is 5.91 Å². The van der Waals surface area contributed by atoms with Gasteiger partial charge in [-0.25, -0.2) is 4.79 Å². The molecule has 29 heavy (non-hydrogen) atoms. The Labute approximate surface area is 170 Å². The molecule has 0 bridgehead atoms. The highest BCUT2D eigenvalue weighted by atomic mass is 16.5. The standard InChI is InChI=1S/C22H27N3O4/c1-28-19-8-6-18(7-9-19)22(10-12-29-13-11-22)15-25-20(26)17-4-2-16(3-5-17)14-24-21(23)27/h2-9H,10-15H2,1H3,(H,25,26)(H3,23,24,27). The smallest absolute Gasteiger partial charge is 0.312 e. The van der Waals surface area contributed by atoms with Crippen LogP contribution < -0.4 is 21.1 Å². The van der Waals surface area contributed by atoms with E-state index >= 15 is 0 Å². The second-order valence-electron chi connectivity index (χ2n) is 7.22. The number of benzene rings is 2. The number of carbonyl (C=O) groups is 2. The Kier molecular flexibility index (Phi) is 6.72. The highest BCUT2D eigenvalue weighted by Gasteiger charge is 2.35. The Morgan fingerprint density at radius 1 is 1.03 bits per heavy atom. The first kappa shape index (κ1) is 20.7. The first-order valence-corrected chi connectivity index (χ1v) is 9.65. The van der Waals surface area contributed by atoms with Crippen molar-refractivity contribution in [1.82, 2.24) is 10.6 Å². The average molecular weight is 397 g/mol. The summed E-state index contributed by atoms with van der Waals surface area (Å²) in [6.07, 6.45) is 1.69. The lowest BCUT2D eigenvalue weighted by Crippen LogP contribution is -2.44. The predicted octanol–water partition coefficient (Wildman–Crippen LogP) is 2.34. The summed E-state index contributed by atoms with van der Waals surface area (Å²) in [5.41, 5.74) is 7.54. The zero-order valence-electron chi connectivity index (χ0n) is 16.6.